The smallest absolute Gasteiger partial charge is 0.227 e. The van der Waals surface area contributed by atoms with Gasteiger partial charge in [0.15, 0.2) is 0 Å². The lowest BCUT2D eigenvalue weighted by molar-refractivity contribution is -0.148. The van der Waals surface area contributed by atoms with E-state index >= 15 is 0 Å². The fraction of sp³-hybridized carbons (Fsp3) is 0.579. The van der Waals surface area contributed by atoms with E-state index in [0.717, 1.165) is 25.1 Å². The highest BCUT2D eigenvalue weighted by Crippen LogP contribution is 2.24. The Balaban J connectivity index is 1.48. The SMILES string of the molecule is CCC(=O)N1CCC[C@@H](C(=O)N2CC(Oc3cccc(C)c3)C2)C1. The van der Waals surface area contributed by atoms with Gasteiger partial charge in [0, 0.05) is 19.5 Å². The molecular weight excluding hydrogens is 304 g/mol. The van der Waals surface area contributed by atoms with E-state index in [2.05, 4.69) is 0 Å². The van der Waals surface area contributed by atoms with E-state index in [9.17, 15) is 9.59 Å². The van der Waals surface area contributed by atoms with Gasteiger partial charge in [-0.1, -0.05) is 19.1 Å². The van der Waals surface area contributed by atoms with Gasteiger partial charge in [0.05, 0.1) is 19.0 Å². The Morgan fingerprint density at radius 3 is 2.71 bits per heavy atom. The van der Waals surface area contributed by atoms with Gasteiger partial charge in [0.2, 0.25) is 11.8 Å². The predicted octanol–water partition coefficient (Wildman–Crippen LogP) is 2.23. The van der Waals surface area contributed by atoms with Gasteiger partial charge in [-0.15, -0.1) is 0 Å². The van der Waals surface area contributed by atoms with E-state index in [1.807, 2.05) is 47.9 Å². The molecule has 2 amide bonds. The van der Waals surface area contributed by atoms with Crippen LogP contribution in [0.2, 0.25) is 0 Å². The van der Waals surface area contributed by atoms with E-state index in [0.29, 0.717) is 26.1 Å². The summed E-state index contributed by atoms with van der Waals surface area (Å²) >= 11 is 0. The number of ether oxygens (including phenoxy) is 1. The molecule has 2 aliphatic rings. The number of benzene rings is 1. The molecule has 0 bridgehead atoms. The zero-order chi connectivity index (χ0) is 17.1. The first-order chi connectivity index (χ1) is 11.6. The number of carbonyl (C=O) groups excluding carboxylic acids is 2. The highest BCUT2D eigenvalue weighted by atomic mass is 16.5. The summed E-state index contributed by atoms with van der Waals surface area (Å²) in [6.07, 6.45) is 2.38. The third kappa shape index (κ3) is 3.71. The summed E-state index contributed by atoms with van der Waals surface area (Å²) in [5.74, 6) is 1.14. The van der Waals surface area contributed by atoms with Gasteiger partial charge in [-0.3, -0.25) is 9.59 Å². The minimum atomic E-state index is -0.0471. The molecule has 2 saturated heterocycles. The molecule has 0 unspecified atom stereocenters. The molecule has 130 valence electrons. The molecule has 1 aromatic rings. The van der Waals surface area contributed by atoms with Crippen molar-refractivity contribution in [1.82, 2.24) is 9.80 Å². The Kier molecular flexibility index (Phi) is 5.07. The molecule has 2 fully saturated rings. The number of aryl methyl sites for hydroxylation is 1. The highest BCUT2D eigenvalue weighted by Gasteiger charge is 2.37. The third-order valence-electron chi connectivity index (χ3n) is 4.88. The summed E-state index contributed by atoms with van der Waals surface area (Å²) in [6.45, 7) is 6.56. The second kappa shape index (κ2) is 7.24. The Labute approximate surface area is 143 Å². The third-order valence-corrected chi connectivity index (χ3v) is 4.88. The second-order valence-electron chi connectivity index (χ2n) is 6.83. The van der Waals surface area contributed by atoms with Crippen molar-refractivity contribution in [2.24, 2.45) is 5.92 Å². The van der Waals surface area contributed by atoms with Crippen LogP contribution in [0, 0.1) is 12.8 Å². The Bertz CT molecular complexity index is 610. The van der Waals surface area contributed by atoms with Gasteiger partial charge in [0.1, 0.15) is 11.9 Å². The first kappa shape index (κ1) is 16.8. The van der Waals surface area contributed by atoms with Crippen molar-refractivity contribution >= 4 is 11.8 Å². The monoisotopic (exact) mass is 330 g/mol. The van der Waals surface area contributed by atoms with Crippen LogP contribution in [-0.4, -0.2) is 53.9 Å². The maximum atomic E-state index is 12.6. The summed E-state index contributed by atoms with van der Waals surface area (Å²) < 4.78 is 5.92. The number of hydrogen-bond acceptors (Lipinski definition) is 3. The fourth-order valence-corrected chi connectivity index (χ4v) is 3.46. The molecule has 1 aromatic carbocycles. The van der Waals surface area contributed by atoms with Gasteiger partial charge in [-0.2, -0.15) is 0 Å². The van der Waals surface area contributed by atoms with Crippen molar-refractivity contribution in [1.29, 1.82) is 0 Å². The molecule has 0 aromatic heterocycles. The molecular formula is C19H26N2O3. The molecule has 0 spiro atoms. The summed E-state index contributed by atoms with van der Waals surface area (Å²) in [7, 11) is 0. The average Bonchev–Trinajstić information content (AvgIpc) is 2.56. The van der Waals surface area contributed by atoms with E-state index in [-0.39, 0.29) is 23.8 Å². The average molecular weight is 330 g/mol. The Hall–Kier alpha value is -2.04. The molecule has 3 rings (SSSR count). The van der Waals surface area contributed by atoms with Crippen LogP contribution in [0.4, 0.5) is 0 Å². The zero-order valence-electron chi connectivity index (χ0n) is 14.5. The minimum Gasteiger partial charge on any atom is -0.487 e. The summed E-state index contributed by atoms with van der Waals surface area (Å²) in [4.78, 5) is 28.2. The van der Waals surface area contributed by atoms with Gasteiger partial charge < -0.3 is 14.5 Å². The number of hydrogen-bond donors (Lipinski definition) is 0. The molecule has 5 heteroatoms. The lowest BCUT2D eigenvalue weighted by Crippen LogP contribution is -2.59. The van der Waals surface area contributed by atoms with Crippen molar-refractivity contribution < 1.29 is 14.3 Å². The first-order valence-corrected chi connectivity index (χ1v) is 8.86. The van der Waals surface area contributed by atoms with Crippen LogP contribution in [0.15, 0.2) is 24.3 Å². The number of nitrogens with zero attached hydrogens (tertiary/aromatic N) is 2. The van der Waals surface area contributed by atoms with Crippen molar-refractivity contribution in [3.63, 3.8) is 0 Å². The Morgan fingerprint density at radius 2 is 2.00 bits per heavy atom. The summed E-state index contributed by atoms with van der Waals surface area (Å²) in [5.41, 5.74) is 1.17. The van der Waals surface area contributed by atoms with Crippen LogP contribution in [0.5, 0.6) is 5.75 Å². The number of carbonyl (C=O) groups is 2. The molecule has 0 radical (unpaired) electrons. The number of rotatable bonds is 4. The van der Waals surface area contributed by atoms with Crippen LogP contribution in [-0.2, 0) is 9.59 Å². The van der Waals surface area contributed by atoms with E-state index in [1.54, 1.807) is 0 Å². The van der Waals surface area contributed by atoms with Gasteiger partial charge >= 0.3 is 0 Å². The predicted molar refractivity (Wildman–Crippen MR) is 91.8 cm³/mol. The van der Waals surface area contributed by atoms with Gasteiger partial charge in [-0.25, -0.2) is 0 Å². The molecule has 0 N–H and O–H groups in total. The van der Waals surface area contributed by atoms with Crippen LogP contribution >= 0.6 is 0 Å². The normalized spacial score (nSPS) is 21.3. The molecule has 2 heterocycles. The van der Waals surface area contributed by atoms with Crippen molar-refractivity contribution in [2.75, 3.05) is 26.2 Å². The first-order valence-electron chi connectivity index (χ1n) is 8.86. The van der Waals surface area contributed by atoms with Crippen LogP contribution in [0.1, 0.15) is 31.7 Å². The van der Waals surface area contributed by atoms with Crippen LogP contribution in [0.25, 0.3) is 0 Å². The standard InChI is InChI=1S/C19H26N2O3/c1-3-18(22)20-9-5-7-15(11-20)19(23)21-12-17(13-21)24-16-8-4-6-14(2)10-16/h4,6,8,10,15,17H,3,5,7,9,11-13H2,1-2H3/t15-/m1/s1. The highest BCUT2D eigenvalue weighted by molar-refractivity contribution is 5.82. The van der Waals surface area contributed by atoms with Gasteiger partial charge in [-0.05, 0) is 37.5 Å². The van der Waals surface area contributed by atoms with Crippen LogP contribution < -0.4 is 4.74 Å². The quantitative estimate of drug-likeness (QED) is 0.851. The molecule has 2 aliphatic heterocycles. The molecule has 24 heavy (non-hydrogen) atoms. The van der Waals surface area contributed by atoms with E-state index in [1.165, 1.54) is 5.56 Å². The molecule has 0 aliphatic carbocycles. The van der Waals surface area contributed by atoms with Crippen molar-refractivity contribution in [3.05, 3.63) is 29.8 Å². The van der Waals surface area contributed by atoms with Crippen molar-refractivity contribution in [2.45, 2.75) is 39.2 Å². The number of amides is 2. The van der Waals surface area contributed by atoms with Crippen LogP contribution in [0.3, 0.4) is 0 Å². The lowest BCUT2D eigenvalue weighted by Gasteiger charge is -2.42. The second-order valence-corrected chi connectivity index (χ2v) is 6.83. The number of piperidine rings is 1. The minimum absolute atomic E-state index is 0.0471. The van der Waals surface area contributed by atoms with Crippen molar-refractivity contribution in [3.8, 4) is 5.75 Å². The molecule has 1 atom stereocenters. The van der Waals surface area contributed by atoms with E-state index < -0.39 is 0 Å². The summed E-state index contributed by atoms with van der Waals surface area (Å²) in [5, 5.41) is 0. The van der Waals surface area contributed by atoms with Gasteiger partial charge in [0.25, 0.3) is 0 Å². The summed E-state index contributed by atoms with van der Waals surface area (Å²) in [6, 6.07) is 7.98. The topological polar surface area (TPSA) is 49.9 Å². The molecule has 0 saturated carbocycles. The lowest BCUT2D eigenvalue weighted by atomic mass is 9.94. The largest absolute Gasteiger partial charge is 0.487 e. The fourth-order valence-electron chi connectivity index (χ4n) is 3.46. The van der Waals surface area contributed by atoms with E-state index in [4.69, 9.17) is 4.74 Å². The Morgan fingerprint density at radius 1 is 1.21 bits per heavy atom. The molecule has 5 nitrogen and oxygen atoms in total. The maximum absolute atomic E-state index is 12.6. The maximum Gasteiger partial charge on any atom is 0.227 e. The number of likely N-dealkylation sites (tertiary alicyclic amines) is 2. The zero-order valence-corrected chi connectivity index (χ0v) is 14.5.